The standard InChI is InChI=1S/C13H10N2O2/c16-13(17)11-8-4-5-9-12(11)15-14-10-6-2-1-3-7-10/h1-9H,(H,16,17)/b15-14-. The molecule has 84 valence electrons. The van der Waals surface area contributed by atoms with Gasteiger partial charge >= 0.3 is 5.97 Å². The number of hydrogen-bond donors (Lipinski definition) is 1. The predicted molar refractivity (Wildman–Crippen MR) is 64.0 cm³/mol. The molecule has 2 aromatic carbocycles. The normalized spacial score (nSPS) is 10.6. The van der Waals surface area contributed by atoms with Crippen molar-refractivity contribution in [2.75, 3.05) is 0 Å². The predicted octanol–water partition coefficient (Wildman–Crippen LogP) is 3.80. The molecule has 2 aromatic rings. The lowest BCUT2D eigenvalue weighted by Crippen LogP contribution is -1.95. The molecule has 0 fully saturated rings. The maximum absolute atomic E-state index is 10.9. The van der Waals surface area contributed by atoms with E-state index in [2.05, 4.69) is 10.2 Å². The fourth-order valence-corrected chi connectivity index (χ4v) is 1.35. The third-order valence-electron chi connectivity index (χ3n) is 2.16. The van der Waals surface area contributed by atoms with E-state index in [-0.39, 0.29) is 5.56 Å². The number of carboxylic acids is 1. The highest BCUT2D eigenvalue weighted by atomic mass is 16.4. The van der Waals surface area contributed by atoms with E-state index in [1.54, 1.807) is 30.3 Å². The van der Waals surface area contributed by atoms with Gasteiger partial charge in [-0.1, -0.05) is 30.3 Å². The molecule has 4 heteroatoms. The summed E-state index contributed by atoms with van der Waals surface area (Å²) < 4.78 is 0. The van der Waals surface area contributed by atoms with Gasteiger partial charge in [0, 0.05) is 0 Å². The van der Waals surface area contributed by atoms with Gasteiger partial charge in [0.15, 0.2) is 0 Å². The van der Waals surface area contributed by atoms with Crippen molar-refractivity contribution in [3.63, 3.8) is 0 Å². The molecule has 0 aromatic heterocycles. The summed E-state index contributed by atoms with van der Waals surface area (Å²) in [6.07, 6.45) is 0. The third kappa shape index (κ3) is 2.75. The van der Waals surface area contributed by atoms with Crippen LogP contribution in [-0.2, 0) is 0 Å². The van der Waals surface area contributed by atoms with Gasteiger partial charge in [0.05, 0.1) is 11.3 Å². The van der Waals surface area contributed by atoms with Crippen molar-refractivity contribution in [1.29, 1.82) is 0 Å². The second kappa shape index (κ2) is 5.03. The Hall–Kier alpha value is -2.49. The van der Waals surface area contributed by atoms with Crippen molar-refractivity contribution in [3.8, 4) is 0 Å². The molecule has 0 atom stereocenters. The second-order valence-electron chi connectivity index (χ2n) is 3.36. The van der Waals surface area contributed by atoms with E-state index in [1.165, 1.54) is 6.07 Å². The van der Waals surface area contributed by atoms with Crippen molar-refractivity contribution in [1.82, 2.24) is 0 Å². The molecule has 0 unspecified atom stereocenters. The van der Waals surface area contributed by atoms with Crippen LogP contribution in [0.1, 0.15) is 10.4 Å². The minimum Gasteiger partial charge on any atom is -0.478 e. The number of hydrogen-bond acceptors (Lipinski definition) is 3. The summed E-state index contributed by atoms with van der Waals surface area (Å²) >= 11 is 0. The van der Waals surface area contributed by atoms with E-state index >= 15 is 0 Å². The largest absolute Gasteiger partial charge is 0.478 e. The fourth-order valence-electron chi connectivity index (χ4n) is 1.35. The number of benzene rings is 2. The number of nitrogens with zero attached hydrogens (tertiary/aromatic N) is 2. The van der Waals surface area contributed by atoms with Crippen LogP contribution in [0.5, 0.6) is 0 Å². The lowest BCUT2D eigenvalue weighted by atomic mass is 10.2. The Morgan fingerprint density at radius 2 is 1.53 bits per heavy atom. The molecule has 4 nitrogen and oxygen atoms in total. The Morgan fingerprint density at radius 1 is 0.882 bits per heavy atom. The van der Waals surface area contributed by atoms with Crippen molar-refractivity contribution < 1.29 is 9.90 Å². The zero-order valence-electron chi connectivity index (χ0n) is 8.95. The third-order valence-corrected chi connectivity index (χ3v) is 2.16. The first kappa shape index (κ1) is 11.0. The Bertz CT molecular complexity index is 550. The molecular weight excluding hydrogens is 216 g/mol. The van der Waals surface area contributed by atoms with Crippen LogP contribution in [-0.4, -0.2) is 11.1 Å². The average Bonchev–Trinajstić information content (AvgIpc) is 2.38. The number of rotatable bonds is 3. The molecule has 0 amide bonds. The van der Waals surface area contributed by atoms with Crippen molar-refractivity contribution >= 4 is 17.3 Å². The van der Waals surface area contributed by atoms with Crippen LogP contribution in [0, 0.1) is 0 Å². The molecule has 0 heterocycles. The Morgan fingerprint density at radius 3 is 2.24 bits per heavy atom. The molecular formula is C13H10N2O2. The van der Waals surface area contributed by atoms with Gasteiger partial charge in [-0.05, 0) is 24.3 Å². The number of carbonyl (C=O) groups is 1. The summed E-state index contributed by atoms with van der Waals surface area (Å²) in [7, 11) is 0. The van der Waals surface area contributed by atoms with Crippen LogP contribution in [0.4, 0.5) is 11.4 Å². The molecule has 2 rings (SSSR count). The molecule has 0 saturated heterocycles. The Balaban J connectivity index is 2.30. The molecule has 17 heavy (non-hydrogen) atoms. The SMILES string of the molecule is O=C(O)c1ccccc1/N=N\c1ccccc1. The van der Waals surface area contributed by atoms with Crippen molar-refractivity contribution in [2.24, 2.45) is 10.2 Å². The topological polar surface area (TPSA) is 62.0 Å². The average molecular weight is 226 g/mol. The van der Waals surface area contributed by atoms with Gasteiger partial charge in [0.2, 0.25) is 0 Å². The van der Waals surface area contributed by atoms with E-state index in [9.17, 15) is 4.79 Å². The minimum atomic E-state index is -1.01. The summed E-state index contributed by atoms with van der Waals surface area (Å²) in [5.41, 5.74) is 1.18. The van der Waals surface area contributed by atoms with Gasteiger partial charge in [-0.2, -0.15) is 5.11 Å². The maximum Gasteiger partial charge on any atom is 0.337 e. The first-order valence-corrected chi connectivity index (χ1v) is 5.06. The quantitative estimate of drug-likeness (QED) is 0.809. The lowest BCUT2D eigenvalue weighted by molar-refractivity contribution is 0.0698. The van der Waals surface area contributed by atoms with Crippen molar-refractivity contribution in [2.45, 2.75) is 0 Å². The van der Waals surface area contributed by atoms with Crippen molar-refractivity contribution in [3.05, 3.63) is 60.2 Å². The minimum absolute atomic E-state index is 0.146. The van der Waals surface area contributed by atoms with Crippen LogP contribution < -0.4 is 0 Å². The van der Waals surface area contributed by atoms with E-state index in [4.69, 9.17) is 5.11 Å². The summed E-state index contributed by atoms with van der Waals surface area (Å²) in [5.74, 6) is -1.01. The number of azo groups is 1. The van der Waals surface area contributed by atoms with E-state index in [0.29, 0.717) is 11.4 Å². The van der Waals surface area contributed by atoms with Gasteiger partial charge in [-0.25, -0.2) is 4.79 Å². The first-order chi connectivity index (χ1) is 8.27. The zero-order chi connectivity index (χ0) is 12.1. The summed E-state index contributed by atoms with van der Waals surface area (Å²) in [5, 5.41) is 16.9. The molecule has 0 aliphatic carbocycles. The maximum atomic E-state index is 10.9. The van der Waals surface area contributed by atoms with Gasteiger partial charge in [-0.3, -0.25) is 0 Å². The van der Waals surface area contributed by atoms with Gasteiger partial charge in [0.25, 0.3) is 0 Å². The monoisotopic (exact) mass is 226 g/mol. The fraction of sp³-hybridized carbons (Fsp3) is 0. The van der Waals surface area contributed by atoms with Crippen LogP contribution in [0.3, 0.4) is 0 Å². The molecule has 0 radical (unpaired) electrons. The lowest BCUT2D eigenvalue weighted by Gasteiger charge is -1.98. The Labute approximate surface area is 98.3 Å². The van der Waals surface area contributed by atoms with Gasteiger partial charge in [0.1, 0.15) is 5.69 Å². The van der Waals surface area contributed by atoms with Crippen LogP contribution in [0.2, 0.25) is 0 Å². The highest BCUT2D eigenvalue weighted by Gasteiger charge is 2.07. The molecule has 1 N–H and O–H groups in total. The van der Waals surface area contributed by atoms with E-state index < -0.39 is 5.97 Å². The smallest absolute Gasteiger partial charge is 0.337 e. The molecule has 0 spiro atoms. The van der Waals surface area contributed by atoms with Crippen LogP contribution >= 0.6 is 0 Å². The number of aromatic carboxylic acids is 1. The summed E-state index contributed by atoms with van der Waals surface area (Å²) in [6, 6.07) is 15.7. The second-order valence-corrected chi connectivity index (χ2v) is 3.36. The zero-order valence-corrected chi connectivity index (χ0v) is 8.95. The van der Waals surface area contributed by atoms with Crippen LogP contribution in [0.25, 0.3) is 0 Å². The molecule has 0 aliphatic rings. The summed E-state index contributed by atoms with van der Waals surface area (Å²) in [6.45, 7) is 0. The van der Waals surface area contributed by atoms with E-state index in [1.807, 2.05) is 18.2 Å². The van der Waals surface area contributed by atoms with E-state index in [0.717, 1.165) is 0 Å². The summed E-state index contributed by atoms with van der Waals surface area (Å²) in [4.78, 5) is 10.9. The van der Waals surface area contributed by atoms with Gasteiger partial charge in [-0.15, -0.1) is 5.11 Å². The highest BCUT2D eigenvalue weighted by Crippen LogP contribution is 2.21. The number of carboxylic acid groups (broad SMARTS) is 1. The molecule has 0 saturated carbocycles. The van der Waals surface area contributed by atoms with Crippen LogP contribution in [0.15, 0.2) is 64.8 Å². The molecule has 0 bridgehead atoms. The Kier molecular flexibility index (Phi) is 3.25. The van der Waals surface area contributed by atoms with Gasteiger partial charge < -0.3 is 5.11 Å². The molecule has 0 aliphatic heterocycles. The first-order valence-electron chi connectivity index (χ1n) is 5.06. The highest BCUT2D eigenvalue weighted by molar-refractivity contribution is 5.93.